The second-order valence-electron chi connectivity index (χ2n) is 10.0. The van der Waals surface area contributed by atoms with E-state index in [2.05, 4.69) is 51.3 Å². The second kappa shape index (κ2) is 9.45. The number of fused-ring (bicyclic) bond motifs is 4. The molecule has 1 amide bonds. The Kier molecular flexibility index (Phi) is 6.73. The van der Waals surface area contributed by atoms with Gasteiger partial charge in [0.05, 0.1) is 23.7 Å². The lowest BCUT2D eigenvalue weighted by Crippen LogP contribution is -2.36. The number of rotatable bonds is 5. The molecule has 6 nitrogen and oxygen atoms in total. The quantitative estimate of drug-likeness (QED) is 0.363. The maximum Gasteiger partial charge on any atom is 0.389 e. The monoisotopic (exact) mass is 500 g/mol. The number of anilines is 2. The number of hydrogen-bond donors (Lipinski definition) is 1. The molecule has 0 aliphatic carbocycles. The van der Waals surface area contributed by atoms with Gasteiger partial charge in [0.2, 0.25) is 5.91 Å². The Morgan fingerprint density at radius 2 is 2.00 bits per heavy atom. The standard InChI is InChI=1S/C25H27F3N4O2Si/c1-35(2,3)13-9-16-7-11-29-21(14-16)31-24(34)22-17-8-12-32(15-17)19-5-4-18(30-23(19)22)20(33)6-10-25(26,27)28/h4-5,7,11,14,17,22H,6,8,10,12,15H2,1-3H3,(H,29,31,34)/t17-,22?/m0/s1. The molecule has 35 heavy (non-hydrogen) atoms. The lowest BCUT2D eigenvalue weighted by Gasteiger charge is -2.32. The lowest BCUT2D eigenvalue weighted by atomic mass is 9.84. The van der Waals surface area contributed by atoms with E-state index in [0.717, 1.165) is 24.2 Å². The highest BCUT2D eigenvalue weighted by Crippen LogP contribution is 2.44. The van der Waals surface area contributed by atoms with Crippen molar-refractivity contribution < 1.29 is 22.8 Å². The molecule has 2 bridgehead atoms. The van der Waals surface area contributed by atoms with E-state index in [1.54, 1.807) is 24.4 Å². The van der Waals surface area contributed by atoms with Crippen LogP contribution < -0.4 is 10.2 Å². The molecule has 0 radical (unpaired) electrons. The zero-order valence-corrected chi connectivity index (χ0v) is 20.9. The first-order chi connectivity index (χ1) is 16.4. The van der Waals surface area contributed by atoms with Crippen LogP contribution in [0.15, 0.2) is 30.5 Å². The van der Waals surface area contributed by atoms with E-state index in [9.17, 15) is 22.8 Å². The summed E-state index contributed by atoms with van der Waals surface area (Å²) in [5.41, 5.74) is 5.17. The van der Waals surface area contributed by atoms with Crippen LogP contribution >= 0.6 is 0 Å². The fraction of sp³-hybridized carbons (Fsp3) is 0.440. The van der Waals surface area contributed by atoms with Gasteiger partial charge in [0.1, 0.15) is 19.6 Å². The van der Waals surface area contributed by atoms with Gasteiger partial charge in [-0.2, -0.15) is 13.2 Å². The number of nitrogens with zero attached hydrogens (tertiary/aromatic N) is 3. The fourth-order valence-electron chi connectivity index (χ4n) is 4.38. The van der Waals surface area contributed by atoms with Crippen molar-refractivity contribution in [2.45, 2.75) is 51.0 Å². The molecule has 1 unspecified atom stereocenters. The van der Waals surface area contributed by atoms with E-state index in [4.69, 9.17) is 0 Å². The molecule has 2 atom stereocenters. The molecule has 4 rings (SSSR count). The topological polar surface area (TPSA) is 75.2 Å². The van der Waals surface area contributed by atoms with Crippen LogP contribution in [0.5, 0.6) is 0 Å². The molecular formula is C25H27F3N4O2Si. The molecule has 2 aliphatic rings. The van der Waals surface area contributed by atoms with Crippen LogP contribution in [-0.2, 0) is 4.79 Å². The largest absolute Gasteiger partial charge is 0.389 e. The van der Waals surface area contributed by atoms with Gasteiger partial charge in [0.15, 0.2) is 5.78 Å². The first-order valence-corrected chi connectivity index (χ1v) is 15.1. The molecule has 0 spiro atoms. The van der Waals surface area contributed by atoms with Crippen molar-refractivity contribution in [3.05, 3.63) is 47.4 Å². The molecule has 10 heteroatoms. The Balaban J connectivity index is 1.58. The average molecular weight is 501 g/mol. The number of nitrogens with one attached hydrogen (secondary N) is 1. The van der Waals surface area contributed by atoms with Gasteiger partial charge >= 0.3 is 6.18 Å². The normalized spacial score (nSPS) is 19.0. The summed E-state index contributed by atoms with van der Waals surface area (Å²) in [6.07, 6.45) is -3.93. The Bertz CT molecular complexity index is 1210. The van der Waals surface area contributed by atoms with Crippen LogP contribution in [0.2, 0.25) is 19.6 Å². The highest BCUT2D eigenvalue weighted by atomic mass is 28.3. The lowest BCUT2D eigenvalue weighted by molar-refractivity contribution is -0.133. The van der Waals surface area contributed by atoms with Gasteiger partial charge in [-0.1, -0.05) is 25.6 Å². The van der Waals surface area contributed by atoms with Crippen LogP contribution in [0.1, 0.15) is 46.9 Å². The molecule has 2 aromatic rings. The minimum atomic E-state index is -4.42. The van der Waals surface area contributed by atoms with Crippen molar-refractivity contribution in [1.29, 1.82) is 0 Å². The van der Waals surface area contributed by atoms with E-state index in [0.29, 0.717) is 18.1 Å². The number of carbonyl (C=O) groups is 2. The third-order valence-corrected chi connectivity index (χ3v) is 6.91. The van der Waals surface area contributed by atoms with Crippen molar-refractivity contribution in [2.75, 3.05) is 23.3 Å². The summed E-state index contributed by atoms with van der Waals surface area (Å²) < 4.78 is 37.7. The molecule has 0 aromatic carbocycles. The SMILES string of the molecule is C[Si](C)(C)C#Cc1ccnc(NC(=O)C2c3nc(C(=O)CCC(F)(F)F)ccc3N3CC[C@H]2C3)c1. The number of carbonyl (C=O) groups excluding carboxylic acids is 2. The van der Waals surface area contributed by atoms with Gasteiger partial charge in [0, 0.05) is 31.3 Å². The first kappa shape index (κ1) is 24.9. The van der Waals surface area contributed by atoms with Crippen molar-refractivity contribution in [1.82, 2.24) is 9.97 Å². The van der Waals surface area contributed by atoms with Crippen molar-refractivity contribution in [2.24, 2.45) is 5.92 Å². The smallest absolute Gasteiger partial charge is 0.370 e. The number of halogens is 3. The zero-order valence-electron chi connectivity index (χ0n) is 19.9. The number of pyridine rings is 2. The van der Waals surface area contributed by atoms with E-state index in [-0.39, 0.29) is 17.5 Å². The Hall–Kier alpha value is -3.19. The number of Topliss-reactive ketones (excluding diaryl/α,β-unsaturated/α-hetero) is 1. The van der Waals surface area contributed by atoms with Crippen LogP contribution in [0, 0.1) is 17.4 Å². The Morgan fingerprint density at radius 1 is 1.23 bits per heavy atom. The molecule has 2 aromatic heterocycles. The number of ketones is 1. The highest BCUT2D eigenvalue weighted by Gasteiger charge is 2.43. The van der Waals surface area contributed by atoms with Gasteiger partial charge in [-0.3, -0.25) is 9.59 Å². The minimum Gasteiger partial charge on any atom is -0.370 e. The molecule has 1 N–H and O–H groups in total. The molecule has 0 saturated carbocycles. The fourth-order valence-corrected chi connectivity index (χ4v) is 4.90. The van der Waals surface area contributed by atoms with Crippen molar-refractivity contribution in [3.8, 4) is 11.5 Å². The summed E-state index contributed by atoms with van der Waals surface area (Å²) in [7, 11) is -1.57. The van der Waals surface area contributed by atoms with Crippen LogP contribution in [0.3, 0.4) is 0 Å². The second-order valence-corrected chi connectivity index (χ2v) is 14.8. The van der Waals surface area contributed by atoms with Crippen LogP contribution in [-0.4, -0.2) is 49.0 Å². The van der Waals surface area contributed by atoms with E-state index < -0.39 is 38.8 Å². The van der Waals surface area contributed by atoms with E-state index in [1.807, 2.05) is 0 Å². The first-order valence-electron chi connectivity index (χ1n) is 11.6. The third-order valence-electron chi connectivity index (χ3n) is 6.03. The van der Waals surface area contributed by atoms with Crippen molar-refractivity contribution in [3.63, 3.8) is 0 Å². The molecule has 1 fully saturated rings. The Morgan fingerprint density at radius 3 is 2.71 bits per heavy atom. The number of aromatic nitrogens is 2. The Labute approximate surface area is 203 Å². The summed E-state index contributed by atoms with van der Waals surface area (Å²) in [5, 5.41) is 2.87. The highest BCUT2D eigenvalue weighted by molar-refractivity contribution is 6.83. The third kappa shape index (κ3) is 6.09. The maximum atomic E-state index is 13.4. The predicted molar refractivity (Wildman–Crippen MR) is 130 cm³/mol. The predicted octanol–water partition coefficient (Wildman–Crippen LogP) is 4.79. The van der Waals surface area contributed by atoms with Gasteiger partial charge in [0.25, 0.3) is 0 Å². The molecule has 4 heterocycles. The zero-order chi connectivity index (χ0) is 25.4. The van der Waals surface area contributed by atoms with Crippen LogP contribution in [0.4, 0.5) is 24.7 Å². The van der Waals surface area contributed by atoms with E-state index >= 15 is 0 Å². The summed E-state index contributed by atoms with van der Waals surface area (Å²) in [5.74, 6) is 1.90. The van der Waals surface area contributed by atoms with Crippen molar-refractivity contribution >= 4 is 31.3 Å². The molecule has 184 valence electrons. The van der Waals surface area contributed by atoms with Gasteiger partial charge in [-0.25, -0.2) is 9.97 Å². The van der Waals surface area contributed by atoms with Gasteiger partial charge in [-0.15, -0.1) is 5.54 Å². The minimum absolute atomic E-state index is 0.00890. The summed E-state index contributed by atoms with van der Waals surface area (Å²) in [6, 6.07) is 6.65. The van der Waals surface area contributed by atoms with Gasteiger partial charge in [-0.05, 0) is 36.6 Å². The molecular weight excluding hydrogens is 473 g/mol. The number of amides is 1. The van der Waals surface area contributed by atoms with E-state index in [1.165, 1.54) is 6.07 Å². The number of alkyl halides is 3. The van der Waals surface area contributed by atoms with Crippen LogP contribution in [0.25, 0.3) is 0 Å². The summed E-state index contributed by atoms with van der Waals surface area (Å²) in [4.78, 5) is 36.6. The molecule has 2 aliphatic heterocycles. The number of hydrogen-bond acceptors (Lipinski definition) is 5. The summed E-state index contributed by atoms with van der Waals surface area (Å²) >= 11 is 0. The maximum absolute atomic E-state index is 13.4. The van der Waals surface area contributed by atoms with Gasteiger partial charge < -0.3 is 10.2 Å². The average Bonchev–Trinajstić information content (AvgIpc) is 3.19. The molecule has 1 saturated heterocycles. The summed E-state index contributed by atoms with van der Waals surface area (Å²) in [6.45, 7) is 7.87.